The molecule has 0 aliphatic heterocycles. The van der Waals surface area contributed by atoms with E-state index in [0.29, 0.717) is 0 Å². The summed E-state index contributed by atoms with van der Waals surface area (Å²) < 4.78 is 9.86. The van der Waals surface area contributed by atoms with Crippen LogP contribution in [0, 0.1) is 17.3 Å². The maximum atomic E-state index is 12.3. The van der Waals surface area contributed by atoms with Crippen molar-refractivity contribution in [3.8, 4) is 0 Å². The number of hydrogen-bond acceptors (Lipinski definition) is 4. The van der Waals surface area contributed by atoms with Gasteiger partial charge >= 0.3 is 11.9 Å². The van der Waals surface area contributed by atoms with Crippen LogP contribution in [-0.4, -0.2) is 26.2 Å². The molecule has 19 heavy (non-hydrogen) atoms. The van der Waals surface area contributed by atoms with Crippen LogP contribution in [0.25, 0.3) is 0 Å². The van der Waals surface area contributed by atoms with Crippen molar-refractivity contribution in [3.05, 3.63) is 11.6 Å². The molecule has 4 nitrogen and oxygen atoms in total. The predicted molar refractivity (Wildman–Crippen MR) is 72.4 cm³/mol. The maximum absolute atomic E-state index is 12.3. The van der Waals surface area contributed by atoms with Crippen molar-refractivity contribution in [2.24, 2.45) is 17.3 Å². The molecule has 0 radical (unpaired) electrons. The van der Waals surface area contributed by atoms with Crippen LogP contribution in [0.2, 0.25) is 0 Å². The van der Waals surface area contributed by atoms with Gasteiger partial charge in [0.25, 0.3) is 0 Å². The van der Waals surface area contributed by atoms with Crippen molar-refractivity contribution < 1.29 is 19.1 Å². The van der Waals surface area contributed by atoms with Gasteiger partial charge in [0.1, 0.15) is 0 Å². The molecular formula is C15H24O4. The van der Waals surface area contributed by atoms with Crippen LogP contribution >= 0.6 is 0 Å². The molecule has 0 N–H and O–H groups in total. The second kappa shape index (κ2) is 6.22. The van der Waals surface area contributed by atoms with Gasteiger partial charge in [-0.25, -0.2) is 0 Å². The van der Waals surface area contributed by atoms with Crippen molar-refractivity contribution in [2.45, 2.75) is 40.0 Å². The zero-order valence-electron chi connectivity index (χ0n) is 12.5. The number of allylic oxidation sites excluding steroid dienone is 2. The molecule has 1 rings (SSSR count). The first-order valence-electron chi connectivity index (χ1n) is 6.79. The first-order chi connectivity index (χ1) is 8.94. The van der Waals surface area contributed by atoms with Gasteiger partial charge in [0.05, 0.1) is 14.2 Å². The fourth-order valence-electron chi connectivity index (χ4n) is 3.35. The maximum Gasteiger partial charge on any atom is 0.324 e. The monoisotopic (exact) mass is 268 g/mol. The molecule has 2 atom stereocenters. The highest BCUT2D eigenvalue weighted by Crippen LogP contribution is 2.48. The SMILES string of the molecule is CCCC1CC(C)=CC(C)C1(C(=O)OC)C(=O)OC. The lowest BCUT2D eigenvalue weighted by atomic mass is 9.60. The average molecular weight is 268 g/mol. The molecule has 0 bridgehead atoms. The molecule has 0 aromatic carbocycles. The van der Waals surface area contributed by atoms with E-state index in [-0.39, 0.29) is 11.8 Å². The molecule has 0 aromatic rings. The van der Waals surface area contributed by atoms with E-state index in [1.165, 1.54) is 19.8 Å². The van der Waals surface area contributed by atoms with E-state index in [1.54, 1.807) is 0 Å². The summed E-state index contributed by atoms with van der Waals surface area (Å²) >= 11 is 0. The van der Waals surface area contributed by atoms with E-state index in [2.05, 4.69) is 6.92 Å². The number of esters is 2. The lowest BCUT2D eigenvalue weighted by Crippen LogP contribution is -2.53. The van der Waals surface area contributed by atoms with Crippen LogP contribution in [0.5, 0.6) is 0 Å². The minimum Gasteiger partial charge on any atom is -0.468 e. The Morgan fingerprint density at radius 2 is 1.84 bits per heavy atom. The van der Waals surface area contributed by atoms with Crippen LogP contribution in [-0.2, 0) is 19.1 Å². The Morgan fingerprint density at radius 3 is 2.26 bits per heavy atom. The summed E-state index contributed by atoms with van der Waals surface area (Å²) in [6.07, 6.45) is 4.45. The molecule has 108 valence electrons. The fourth-order valence-corrected chi connectivity index (χ4v) is 3.35. The summed E-state index contributed by atoms with van der Waals surface area (Å²) in [5.41, 5.74) is 0.0216. The highest BCUT2D eigenvalue weighted by atomic mass is 16.5. The Bertz CT molecular complexity index is 368. The van der Waals surface area contributed by atoms with E-state index < -0.39 is 17.4 Å². The molecule has 0 fully saturated rings. The molecular weight excluding hydrogens is 244 g/mol. The fraction of sp³-hybridized carbons (Fsp3) is 0.733. The van der Waals surface area contributed by atoms with Gasteiger partial charge in [-0.1, -0.05) is 31.9 Å². The van der Waals surface area contributed by atoms with Crippen molar-refractivity contribution in [2.75, 3.05) is 14.2 Å². The van der Waals surface area contributed by atoms with Crippen LogP contribution < -0.4 is 0 Å². The molecule has 1 aliphatic carbocycles. The second-order valence-electron chi connectivity index (χ2n) is 5.34. The topological polar surface area (TPSA) is 52.6 Å². The highest BCUT2D eigenvalue weighted by molar-refractivity contribution is 6.01. The minimum atomic E-state index is -1.20. The van der Waals surface area contributed by atoms with Crippen molar-refractivity contribution >= 4 is 11.9 Å². The largest absolute Gasteiger partial charge is 0.468 e. The lowest BCUT2D eigenvalue weighted by Gasteiger charge is -2.42. The Kier molecular flexibility index (Phi) is 5.15. The number of hydrogen-bond donors (Lipinski definition) is 0. The number of ether oxygens (including phenoxy) is 2. The first-order valence-corrected chi connectivity index (χ1v) is 6.79. The standard InChI is InChI=1S/C15H24O4/c1-6-7-12-9-10(2)8-11(3)15(12,13(16)18-4)14(17)19-5/h8,11-12H,6-7,9H2,1-5H3. The molecule has 0 spiro atoms. The average Bonchev–Trinajstić information content (AvgIpc) is 2.37. The summed E-state index contributed by atoms with van der Waals surface area (Å²) in [6, 6.07) is 0. The Hall–Kier alpha value is -1.32. The van der Waals surface area contributed by atoms with E-state index in [0.717, 1.165) is 19.3 Å². The molecule has 1 aliphatic rings. The Balaban J connectivity index is 3.36. The smallest absolute Gasteiger partial charge is 0.324 e. The molecule has 4 heteroatoms. The van der Waals surface area contributed by atoms with Crippen molar-refractivity contribution in [1.82, 2.24) is 0 Å². The summed E-state index contributed by atoms with van der Waals surface area (Å²) in [5, 5.41) is 0. The van der Waals surface area contributed by atoms with Crippen molar-refractivity contribution in [1.29, 1.82) is 0 Å². The third-order valence-corrected chi connectivity index (χ3v) is 4.15. The minimum absolute atomic E-state index is 0.0580. The number of carbonyl (C=O) groups excluding carboxylic acids is 2. The van der Waals surface area contributed by atoms with Gasteiger partial charge in [0.15, 0.2) is 5.41 Å². The van der Waals surface area contributed by atoms with Gasteiger partial charge in [0, 0.05) is 5.92 Å². The van der Waals surface area contributed by atoms with Crippen LogP contribution in [0.4, 0.5) is 0 Å². The molecule has 0 heterocycles. The molecule has 0 saturated heterocycles. The van der Waals surface area contributed by atoms with Crippen LogP contribution in [0.15, 0.2) is 11.6 Å². The predicted octanol–water partition coefficient (Wildman–Crippen LogP) is 2.72. The summed E-state index contributed by atoms with van der Waals surface area (Å²) in [7, 11) is 2.65. The number of carbonyl (C=O) groups is 2. The number of rotatable bonds is 4. The molecule has 0 aromatic heterocycles. The Labute approximate surface area is 115 Å². The van der Waals surface area contributed by atoms with Crippen LogP contribution in [0.3, 0.4) is 0 Å². The Morgan fingerprint density at radius 1 is 1.32 bits per heavy atom. The third kappa shape index (κ3) is 2.53. The van der Waals surface area contributed by atoms with Gasteiger partial charge in [-0.15, -0.1) is 0 Å². The summed E-state index contributed by atoms with van der Waals surface area (Å²) in [5.74, 6) is -1.22. The molecule has 2 unspecified atom stereocenters. The summed E-state index contributed by atoms with van der Waals surface area (Å²) in [4.78, 5) is 24.7. The lowest BCUT2D eigenvalue weighted by molar-refractivity contribution is -0.178. The molecule has 0 amide bonds. The van der Waals surface area contributed by atoms with E-state index in [9.17, 15) is 9.59 Å². The zero-order chi connectivity index (χ0) is 14.6. The van der Waals surface area contributed by atoms with Crippen LogP contribution in [0.1, 0.15) is 40.0 Å². The van der Waals surface area contributed by atoms with Gasteiger partial charge in [-0.05, 0) is 25.7 Å². The first kappa shape index (κ1) is 15.7. The second-order valence-corrected chi connectivity index (χ2v) is 5.34. The van der Waals surface area contributed by atoms with E-state index in [1.807, 2.05) is 19.9 Å². The van der Waals surface area contributed by atoms with Gasteiger partial charge in [-0.2, -0.15) is 0 Å². The zero-order valence-corrected chi connectivity index (χ0v) is 12.5. The van der Waals surface area contributed by atoms with E-state index in [4.69, 9.17) is 9.47 Å². The summed E-state index contributed by atoms with van der Waals surface area (Å²) in [6.45, 7) is 5.98. The van der Waals surface area contributed by atoms with Gasteiger partial charge < -0.3 is 9.47 Å². The molecule has 0 saturated carbocycles. The number of methoxy groups -OCH3 is 2. The van der Waals surface area contributed by atoms with E-state index >= 15 is 0 Å². The van der Waals surface area contributed by atoms with Gasteiger partial charge in [-0.3, -0.25) is 9.59 Å². The highest BCUT2D eigenvalue weighted by Gasteiger charge is 2.58. The van der Waals surface area contributed by atoms with Crippen molar-refractivity contribution in [3.63, 3.8) is 0 Å². The third-order valence-electron chi connectivity index (χ3n) is 4.15. The van der Waals surface area contributed by atoms with Gasteiger partial charge in [0.2, 0.25) is 0 Å². The quantitative estimate of drug-likeness (QED) is 0.447. The normalized spacial score (nSPS) is 25.4.